The number of pyridine rings is 2. The molecule has 112 valence electrons. The number of aliphatic hydroxyl groups is 1. The molecule has 0 aromatic carbocycles. The van der Waals surface area contributed by atoms with Crippen LogP contribution in [0.3, 0.4) is 0 Å². The number of aryl methyl sites for hydroxylation is 1. The largest absolute Gasteiger partial charge is 0.392 e. The number of hydrogen-bond donors (Lipinski definition) is 2. The number of nitrogens with one attached hydrogen (secondary N) is 1. The molecule has 0 atom stereocenters. The molecule has 0 spiro atoms. The maximum atomic E-state index is 12.7. The number of rotatable bonds is 1. The minimum Gasteiger partial charge on any atom is -0.392 e. The molecule has 0 radical (unpaired) electrons. The number of ketones is 2. The van der Waals surface area contributed by atoms with Gasteiger partial charge in [0.15, 0.2) is 5.78 Å². The lowest BCUT2D eigenvalue weighted by molar-refractivity contribution is 0.0964. The Bertz CT molecular complexity index is 965. The van der Waals surface area contributed by atoms with Crippen molar-refractivity contribution in [1.29, 1.82) is 0 Å². The molecule has 0 bridgehead atoms. The van der Waals surface area contributed by atoms with E-state index in [4.69, 9.17) is 0 Å². The van der Waals surface area contributed by atoms with Crippen LogP contribution < -0.4 is 11.1 Å². The molecule has 2 aromatic rings. The topological polar surface area (TPSA) is 109 Å². The van der Waals surface area contributed by atoms with E-state index in [9.17, 15) is 24.3 Å². The van der Waals surface area contributed by atoms with E-state index in [1.165, 1.54) is 13.1 Å². The monoisotopic (exact) mass is 300 g/mol. The van der Waals surface area contributed by atoms with Crippen LogP contribution in [0.15, 0.2) is 21.7 Å². The van der Waals surface area contributed by atoms with Crippen molar-refractivity contribution in [3.63, 3.8) is 0 Å². The Morgan fingerprint density at radius 3 is 2.41 bits per heavy atom. The van der Waals surface area contributed by atoms with Gasteiger partial charge in [0.2, 0.25) is 11.3 Å². The van der Waals surface area contributed by atoms with Crippen molar-refractivity contribution >= 4 is 11.6 Å². The SMILES string of the molecule is Cc1cc(=O)[nH]c2c1C(=O)c1c(CO)cc(=O)n(C)c1C2=O. The van der Waals surface area contributed by atoms with Crippen molar-refractivity contribution in [2.75, 3.05) is 0 Å². The zero-order valence-corrected chi connectivity index (χ0v) is 11.9. The van der Waals surface area contributed by atoms with Crippen molar-refractivity contribution in [2.45, 2.75) is 13.5 Å². The molecule has 2 N–H and O–H groups in total. The lowest BCUT2D eigenvalue weighted by Gasteiger charge is -2.22. The predicted octanol–water partition coefficient (Wildman–Crippen LogP) is -0.350. The number of fused-ring (bicyclic) bond motifs is 2. The zero-order chi connectivity index (χ0) is 16.2. The van der Waals surface area contributed by atoms with Crippen LogP contribution in [0, 0.1) is 6.92 Å². The second-order valence-electron chi connectivity index (χ2n) is 5.17. The van der Waals surface area contributed by atoms with E-state index in [0.29, 0.717) is 5.56 Å². The molecule has 0 unspecified atom stereocenters. The number of aromatic amines is 1. The molecule has 7 heteroatoms. The molecule has 0 fully saturated rings. The van der Waals surface area contributed by atoms with Crippen LogP contribution in [0.2, 0.25) is 0 Å². The van der Waals surface area contributed by atoms with Crippen molar-refractivity contribution in [3.05, 3.63) is 66.5 Å². The van der Waals surface area contributed by atoms with E-state index >= 15 is 0 Å². The fraction of sp³-hybridized carbons (Fsp3) is 0.200. The highest BCUT2D eigenvalue weighted by Crippen LogP contribution is 2.28. The zero-order valence-electron chi connectivity index (χ0n) is 11.9. The predicted molar refractivity (Wildman–Crippen MR) is 76.3 cm³/mol. The summed E-state index contributed by atoms with van der Waals surface area (Å²) in [7, 11) is 1.37. The molecule has 3 rings (SSSR count). The van der Waals surface area contributed by atoms with E-state index in [-0.39, 0.29) is 28.1 Å². The molecule has 0 saturated heterocycles. The van der Waals surface area contributed by atoms with E-state index in [1.807, 2.05) is 0 Å². The number of nitrogens with zero attached hydrogens (tertiary/aromatic N) is 1. The van der Waals surface area contributed by atoms with Gasteiger partial charge in [0.05, 0.1) is 17.7 Å². The summed E-state index contributed by atoms with van der Waals surface area (Å²) >= 11 is 0. The average Bonchev–Trinajstić information content (AvgIpc) is 2.46. The van der Waals surface area contributed by atoms with E-state index < -0.39 is 29.3 Å². The summed E-state index contributed by atoms with van der Waals surface area (Å²) in [5.74, 6) is -1.10. The Labute approximate surface area is 123 Å². The van der Waals surface area contributed by atoms with Gasteiger partial charge in [-0.25, -0.2) is 0 Å². The molecule has 1 aliphatic rings. The van der Waals surface area contributed by atoms with Gasteiger partial charge in [-0.2, -0.15) is 0 Å². The van der Waals surface area contributed by atoms with E-state index in [1.54, 1.807) is 6.92 Å². The average molecular weight is 300 g/mol. The van der Waals surface area contributed by atoms with Gasteiger partial charge in [-0.1, -0.05) is 0 Å². The smallest absolute Gasteiger partial charge is 0.251 e. The van der Waals surface area contributed by atoms with E-state index in [0.717, 1.165) is 10.6 Å². The highest BCUT2D eigenvalue weighted by atomic mass is 16.3. The van der Waals surface area contributed by atoms with Crippen LogP contribution in [-0.4, -0.2) is 26.2 Å². The first-order valence-electron chi connectivity index (χ1n) is 6.54. The third-order valence-electron chi connectivity index (χ3n) is 3.83. The quantitative estimate of drug-likeness (QED) is 0.638. The van der Waals surface area contributed by atoms with Crippen LogP contribution in [0.5, 0.6) is 0 Å². The fourth-order valence-corrected chi connectivity index (χ4v) is 2.79. The third kappa shape index (κ3) is 1.72. The summed E-state index contributed by atoms with van der Waals surface area (Å²) in [6.45, 7) is 1.03. The van der Waals surface area contributed by atoms with Crippen molar-refractivity contribution in [1.82, 2.24) is 9.55 Å². The Morgan fingerprint density at radius 2 is 1.77 bits per heavy atom. The summed E-state index contributed by atoms with van der Waals surface area (Å²) in [5, 5.41) is 9.40. The Balaban J connectivity index is 2.49. The first-order valence-corrected chi connectivity index (χ1v) is 6.54. The highest BCUT2D eigenvalue weighted by Gasteiger charge is 2.35. The van der Waals surface area contributed by atoms with E-state index in [2.05, 4.69) is 4.98 Å². The minimum atomic E-state index is -0.611. The standard InChI is InChI=1S/C15H12N2O5/c1-6-3-8(19)16-12-10(6)14(21)11-7(5-18)4-9(20)17(2)13(11)15(12)22/h3-4,18H,5H2,1-2H3,(H,16,19). The van der Waals surface area contributed by atoms with Crippen LogP contribution in [0.1, 0.15) is 43.2 Å². The molecular formula is C15H12N2O5. The lowest BCUT2D eigenvalue weighted by Crippen LogP contribution is -2.35. The molecule has 0 saturated carbocycles. The third-order valence-corrected chi connectivity index (χ3v) is 3.83. The Hall–Kier alpha value is -2.80. The number of aliphatic hydroxyl groups excluding tert-OH is 1. The number of hydrogen-bond acceptors (Lipinski definition) is 5. The van der Waals surface area contributed by atoms with Crippen molar-refractivity contribution in [2.24, 2.45) is 7.05 Å². The van der Waals surface area contributed by atoms with Crippen LogP contribution in [-0.2, 0) is 13.7 Å². The molecule has 2 aromatic heterocycles. The fourth-order valence-electron chi connectivity index (χ4n) is 2.79. The minimum absolute atomic E-state index is 0.0113. The summed E-state index contributed by atoms with van der Waals surface area (Å²) in [5.41, 5.74) is -0.648. The van der Waals surface area contributed by atoms with Crippen LogP contribution in [0.25, 0.3) is 0 Å². The molecule has 0 aliphatic heterocycles. The molecular weight excluding hydrogens is 288 g/mol. The number of H-pyrrole nitrogens is 1. The lowest BCUT2D eigenvalue weighted by atomic mass is 9.85. The summed E-state index contributed by atoms with van der Waals surface area (Å²) < 4.78 is 1.05. The van der Waals surface area contributed by atoms with Crippen molar-refractivity contribution in [3.8, 4) is 0 Å². The number of carbonyl (C=O) groups excluding carboxylic acids is 2. The molecule has 22 heavy (non-hydrogen) atoms. The van der Waals surface area contributed by atoms with Gasteiger partial charge in [0, 0.05) is 19.2 Å². The molecule has 7 nitrogen and oxygen atoms in total. The van der Waals surface area contributed by atoms with Gasteiger partial charge in [0.1, 0.15) is 11.4 Å². The van der Waals surface area contributed by atoms with Gasteiger partial charge < -0.3 is 14.7 Å². The second kappa shape index (κ2) is 4.60. The Kier molecular flexibility index (Phi) is 2.96. The van der Waals surface area contributed by atoms with Gasteiger partial charge in [-0.15, -0.1) is 0 Å². The maximum Gasteiger partial charge on any atom is 0.251 e. The van der Waals surface area contributed by atoms with Gasteiger partial charge in [-0.3, -0.25) is 19.2 Å². The molecule has 0 amide bonds. The van der Waals surface area contributed by atoms with Gasteiger partial charge in [0.25, 0.3) is 5.56 Å². The van der Waals surface area contributed by atoms with Crippen molar-refractivity contribution < 1.29 is 14.7 Å². The van der Waals surface area contributed by atoms with Gasteiger partial charge >= 0.3 is 0 Å². The van der Waals surface area contributed by atoms with Crippen LogP contribution >= 0.6 is 0 Å². The summed E-state index contributed by atoms with van der Waals surface area (Å²) in [6, 6.07) is 2.37. The van der Waals surface area contributed by atoms with Gasteiger partial charge in [-0.05, 0) is 18.1 Å². The first kappa shape index (κ1) is 14.2. The normalized spacial score (nSPS) is 13.0. The summed E-state index contributed by atoms with van der Waals surface area (Å²) in [6.07, 6.45) is 0. The molecule has 2 heterocycles. The number of carbonyl (C=O) groups is 2. The van der Waals surface area contributed by atoms with Crippen LogP contribution in [0.4, 0.5) is 0 Å². The molecule has 1 aliphatic carbocycles. The first-order chi connectivity index (χ1) is 10.4. The Morgan fingerprint density at radius 1 is 1.09 bits per heavy atom. The number of aromatic nitrogens is 2. The second-order valence-corrected chi connectivity index (χ2v) is 5.17. The highest BCUT2D eigenvalue weighted by molar-refractivity contribution is 6.27. The maximum absolute atomic E-state index is 12.7. The summed E-state index contributed by atoms with van der Waals surface area (Å²) in [4.78, 5) is 51.2.